The Hall–Kier alpha value is -1.74. The second kappa shape index (κ2) is 4.26. The summed E-state index contributed by atoms with van der Waals surface area (Å²) in [6, 6.07) is 10.3. The van der Waals surface area contributed by atoms with E-state index in [9.17, 15) is 0 Å². The Bertz CT molecular complexity index is 625. The molecule has 84 valence electrons. The van der Waals surface area contributed by atoms with Gasteiger partial charge in [-0.1, -0.05) is 19.1 Å². The number of hydrogen-bond donors (Lipinski definition) is 0. The summed E-state index contributed by atoms with van der Waals surface area (Å²) in [5.74, 6) is 0. The summed E-state index contributed by atoms with van der Waals surface area (Å²) in [5, 5.41) is 1.09. The molecule has 0 bridgehead atoms. The van der Waals surface area contributed by atoms with Gasteiger partial charge in [-0.3, -0.25) is 4.98 Å². The molecule has 0 amide bonds. The van der Waals surface area contributed by atoms with Crippen LogP contribution in [0.3, 0.4) is 0 Å². The average molecular weight is 240 g/mol. The maximum absolute atomic E-state index is 4.68. The largest absolute Gasteiger partial charge is 0.264 e. The average Bonchev–Trinajstić information content (AvgIpc) is 2.82. The summed E-state index contributed by atoms with van der Waals surface area (Å²) < 4.78 is 1.24. The highest BCUT2D eigenvalue weighted by Crippen LogP contribution is 2.31. The van der Waals surface area contributed by atoms with Gasteiger partial charge in [-0.05, 0) is 30.2 Å². The Morgan fingerprint density at radius 3 is 2.88 bits per heavy atom. The minimum absolute atomic E-state index is 0.985. The fourth-order valence-electron chi connectivity index (χ4n) is 1.90. The van der Waals surface area contributed by atoms with Crippen LogP contribution in [0.2, 0.25) is 0 Å². The summed E-state index contributed by atoms with van der Waals surface area (Å²) in [7, 11) is 0. The van der Waals surface area contributed by atoms with Crippen LogP contribution in [-0.4, -0.2) is 9.97 Å². The Balaban J connectivity index is 2.20. The van der Waals surface area contributed by atoms with Crippen molar-refractivity contribution in [3.8, 4) is 10.6 Å². The first-order valence-corrected chi connectivity index (χ1v) is 6.49. The van der Waals surface area contributed by atoms with E-state index in [1.165, 1.54) is 15.8 Å². The van der Waals surface area contributed by atoms with Gasteiger partial charge in [-0.2, -0.15) is 0 Å². The quantitative estimate of drug-likeness (QED) is 0.678. The molecule has 0 unspecified atom stereocenters. The second-order valence-electron chi connectivity index (χ2n) is 3.87. The first kappa shape index (κ1) is 10.4. The predicted octanol–water partition coefficient (Wildman–Crippen LogP) is 3.92. The van der Waals surface area contributed by atoms with Crippen molar-refractivity contribution >= 4 is 21.6 Å². The molecule has 0 saturated carbocycles. The Morgan fingerprint density at radius 1 is 1.18 bits per heavy atom. The monoisotopic (exact) mass is 240 g/mol. The molecule has 17 heavy (non-hydrogen) atoms. The number of benzene rings is 1. The Kier molecular flexibility index (Phi) is 2.61. The van der Waals surface area contributed by atoms with E-state index >= 15 is 0 Å². The third-order valence-corrected chi connectivity index (χ3v) is 3.88. The van der Waals surface area contributed by atoms with Gasteiger partial charge < -0.3 is 0 Å². The number of nitrogens with zero attached hydrogens (tertiary/aromatic N) is 2. The lowest BCUT2D eigenvalue weighted by atomic mass is 10.1. The third-order valence-electron chi connectivity index (χ3n) is 2.81. The molecular formula is C14H12N2S. The highest BCUT2D eigenvalue weighted by molar-refractivity contribution is 7.21. The molecule has 0 aliphatic heterocycles. The van der Waals surface area contributed by atoms with Crippen molar-refractivity contribution in [2.45, 2.75) is 13.3 Å². The van der Waals surface area contributed by atoms with Crippen molar-refractivity contribution in [3.63, 3.8) is 0 Å². The Labute approximate surface area is 104 Å². The van der Waals surface area contributed by atoms with Crippen LogP contribution in [0.15, 0.2) is 42.7 Å². The van der Waals surface area contributed by atoms with E-state index in [2.05, 4.69) is 41.2 Å². The highest BCUT2D eigenvalue weighted by Gasteiger charge is 2.08. The summed E-state index contributed by atoms with van der Waals surface area (Å²) >= 11 is 1.74. The number of hydrogen-bond acceptors (Lipinski definition) is 3. The van der Waals surface area contributed by atoms with E-state index in [1.807, 2.05) is 18.5 Å². The maximum atomic E-state index is 4.68. The fourth-order valence-corrected chi connectivity index (χ4v) is 2.93. The zero-order valence-corrected chi connectivity index (χ0v) is 10.4. The molecule has 0 atom stereocenters. The normalized spacial score (nSPS) is 10.9. The van der Waals surface area contributed by atoms with Gasteiger partial charge in [0.25, 0.3) is 0 Å². The van der Waals surface area contributed by atoms with Crippen molar-refractivity contribution in [2.75, 3.05) is 0 Å². The SMILES string of the molecule is CCc1cnccc1-c1nc2ccccc2s1. The van der Waals surface area contributed by atoms with E-state index in [0.717, 1.165) is 16.9 Å². The van der Waals surface area contributed by atoms with Gasteiger partial charge in [-0.15, -0.1) is 11.3 Å². The van der Waals surface area contributed by atoms with E-state index in [-0.39, 0.29) is 0 Å². The molecule has 3 aromatic rings. The number of pyridine rings is 1. The van der Waals surface area contributed by atoms with Crippen LogP contribution in [0.25, 0.3) is 20.8 Å². The Morgan fingerprint density at radius 2 is 2.06 bits per heavy atom. The molecule has 3 heteroatoms. The van der Waals surface area contributed by atoms with Crippen LogP contribution in [0.1, 0.15) is 12.5 Å². The summed E-state index contributed by atoms with van der Waals surface area (Å²) in [6.45, 7) is 2.15. The van der Waals surface area contributed by atoms with Crippen molar-refractivity contribution in [1.82, 2.24) is 9.97 Å². The zero-order valence-electron chi connectivity index (χ0n) is 9.55. The van der Waals surface area contributed by atoms with Gasteiger partial charge >= 0.3 is 0 Å². The number of rotatable bonds is 2. The van der Waals surface area contributed by atoms with E-state index < -0.39 is 0 Å². The molecule has 0 spiro atoms. The molecule has 1 aromatic carbocycles. The van der Waals surface area contributed by atoms with Crippen molar-refractivity contribution in [2.24, 2.45) is 0 Å². The molecule has 3 rings (SSSR count). The second-order valence-corrected chi connectivity index (χ2v) is 4.90. The van der Waals surface area contributed by atoms with Gasteiger partial charge in [0.1, 0.15) is 5.01 Å². The molecule has 2 heterocycles. The number of aromatic nitrogens is 2. The first-order chi connectivity index (χ1) is 8.38. The number of fused-ring (bicyclic) bond motifs is 1. The van der Waals surface area contributed by atoms with E-state index in [4.69, 9.17) is 0 Å². The molecule has 2 nitrogen and oxygen atoms in total. The molecule has 0 aliphatic rings. The lowest BCUT2D eigenvalue weighted by Crippen LogP contribution is -1.87. The molecule has 0 fully saturated rings. The van der Waals surface area contributed by atoms with E-state index in [0.29, 0.717) is 0 Å². The summed E-state index contributed by atoms with van der Waals surface area (Å²) in [4.78, 5) is 8.85. The van der Waals surface area contributed by atoms with Gasteiger partial charge in [0, 0.05) is 18.0 Å². The number of aryl methyl sites for hydroxylation is 1. The summed E-state index contributed by atoms with van der Waals surface area (Å²) in [5.41, 5.74) is 3.54. The van der Waals surface area contributed by atoms with Crippen molar-refractivity contribution < 1.29 is 0 Å². The molecule has 0 N–H and O–H groups in total. The van der Waals surface area contributed by atoms with Crippen LogP contribution >= 0.6 is 11.3 Å². The van der Waals surface area contributed by atoms with Crippen molar-refractivity contribution in [1.29, 1.82) is 0 Å². The minimum atomic E-state index is 0.985. The van der Waals surface area contributed by atoms with Gasteiger partial charge in [0.2, 0.25) is 0 Å². The predicted molar refractivity (Wildman–Crippen MR) is 72.2 cm³/mol. The number of para-hydroxylation sites is 1. The number of thiazole rings is 1. The standard InChI is InChI=1S/C14H12N2S/c1-2-10-9-15-8-7-11(10)14-16-12-5-3-4-6-13(12)17-14/h3-9H,2H2,1H3. The smallest absolute Gasteiger partial charge is 0.124 e. The summed E-state index contributed by atoms with van der Waals surface area (Å²) in [6.07, 6.45) is 4.75. The van der Waals surface area contributed by atoms with Crippen LogP contribution in [-0.2, 0) is 6.42 Å². The zero-order chi connectivity index (χ0) is 11.7. The van der Waals surface area contributed by atoms with Gasteiger partial charge in [0.05, 0.1) is 10.2 Å². The van der Waals surface area contributed by atoms with Crippen LogP contribution < -0.4 is 0 Å². The van der Waals surface area contributed by atoms with E-state index in [1.54, 1.807) is 11.3 Å². The molecule has 0 aliphatic carbocycles. The van der Waals surface area contributed by atoms with Gasteiger partial charge in [-0.25, -0.2) is 4.98 Å². The molecular weight excluding hydrogens is 228 g/mol. The van der Waals surface area contributed by atoms with Crippen LogP contribution in [0.4, 0.5) is 0 Å². The highest BCUT2D eigenvalue weighted by atomic mass is 32.1. The fraction of sp³-hybridized carbons (Fsp3) is 0.143. The van der Waals surface area contributed by atoms with Crippen LogP contribution in [0, 0.1) is 0 Å². The maximum Gasteiger partial charge on any atom is 0.124 e. The lowest BCUT2D eigenvalue weighted by Gasteiger charge is -2.02. The van der Waals surface area contributed by atoms with Crippen molar-refractivity contribution in [3.05, 3.63) is 48.3 Å². The topological polar surface area (TPSA) is 25.8 Å². The molecule has 2 aromatic heterocycles. The van der Waals surface area contributed by atoms with Crippen LogP contribution in [0.5, 0.6) is 0 Å². The lowest BCUT2D eigenvalue weighted by molar-refractivity contribution is 1.10. The minimum Gasteiger partial charge on any atom is -0.264 e. The molecule has 0 radical (unpaired) electrons. The van der Waals surface area contributed by atoms with Gasteiger partial charge in [0.15, 0.2) is 0 Å². The third kappa shape index (κ3) is 1.83. The first-order valence-electron chi connectivity index (χ1n) is 5.67. The molecule has 0 saturated heterocycles.